The summed E-state index contributed by atoms with van der Waals surface area (Å²) in [6.07, 6.45) is 3.55. The molecule has 1 aromatic heterocycles. The molecule has 2 amide bonds. The number of nitrogens with one attached hydrogen (secondary N) is 3. The Morgan fingerprint density at radius 2 is 1.69 bits per heavy atom. The number of ether oxygens (including phenoxy) is 1. The van der Waals surface area contributed by atoms with Crippen molar-refractivity contribution in [3.8, 4) is 0 Å². The standard InChI is InChI=1S/C20H21N3O3/c1-26-20(25)23-16-11-9-15(10-12-16)22-19(24)8-4-5-14-13-21-18-7-3-2-6-17(14)18/h2-3,6-7,9-13,21H,4-5,8H2,1H3,(H,22,24)(H,23,25). The minimum Gasteiger partial charge on any atom is -0.453 e. The van der Waals surface area contributed by atoms with Crippen LogP contribution in [0.4, 0.5) is 16.2 Å². The van der Waals surface area contributed by atoms with Crippen LogP contribution in [-0.4, -0.2) is 24.1 Å². The van der Waals surface area contributed by atoms with Gasteiger partial charge in [-0.05, 0) is 48.7 Å². The molecule has 0 radical (unpaired) electrons. The molecule has 3 aromatic rings. The Bertz CT molecular complexity index is 900. The maximum absolute atomic E-state index is 12.1. The Morgan fingerprint density at radius 3 is 2.42 bits per heavy atom. The van der Waals surface area contributed by atoms with Crippen molar-refractivity contribution in [3.05, 3.63) is 60.3 Å². The zero-order valence-corrected chi connectivity index (χ0v) is 14.5. The van der Waals surface area contributed by atoms with E-state index >= 15 is 0 Å². The van der Waals surface area contributed by atoms with Gasteiger partial charge in [-0.1, -0.05) is 18.2 Å². The van der Waals surface area contributed by atoms with Gasteiger partial charge in [0.25, 0.3) is 0 Å². The summed E-state index contributed by atoms with van der Waals surface area (Å²) >= 11 is 0. The van der Waals surface area contributed by atoms with Crippen molar-refractivity contribution in [1.82, 2.24) is 4.98 Å². The van der Waals surface area contributed by atoms with Crippen molar-refractivity contribution >= 4 is 34.3 Å². The fourth-order valence-electron chi connectivity index (χ4n) is 2.81. The highest BCUT2D eigenvalue weighted by molar-refractivity contribution is 5.91. The van der Waals surface area contributed by atoms with Crippen molar-refractivity contribution in [3.63, 3.8) is 0 Å². The molecule has 0 bridgehead atoms. The monoisotopic (exact) mass is 351 g/mol. The molecule has 3 rings (SSSR count). The number of benzene rings is 2. The number of hydrogen-bond acceptors (Lipinski definition) is 3. The Kier molecular flexibility index (Phi) is 5.53. The predicted molar refractivity (Wildman–Crippen MR) is 102 cm³/mol. The van der Waals surface area contributed by atoms with E-state index in [0.29, 0.717) is 17.8 Å². The number of aryl methyl sites for hydroxylation is 1. The third-order valence-electron chi connectivity index (χ3n) is 4.13. The van der Waals surface area contributed by atoms with Gasteiger partial charge in [0.2, 0.25) is 5.91 Å². The van der Waals surface area contributed by atoms with Gasteiger partial charge < -0.3 is 15.0 Å². The van der Waals surface area contributed by atoms with Gasteiger partial charge in [-0.3, -0.25) is 10.1 Å². The summed E-state index contributed by atoms with van der Waals surface area (Å²) in [6, 6.07) is 15.0. The van der Waals surface area contributed by atoms with Crippen molar-refractivity contribution in [2.45, 2.75) is 19.3 Å². The van der Waals surface area contributed by atoms with E-state index < -0.39 is 6.09 Å². The van der Waals surface area contributed by atoms with Gasteiger partial charge in [0, 0.05) is 34.9 Å². The van der Waals surface area contributed by atoms with E-state index in [9.17, 15) is 9.59 Å². The maximum Gasteiger partial charge on any atom is 0.411 e. The zero-order chi connectivity index (χ0) is 18.4. The lowest BCUT2D eigenvalue weighted by Crippen LogP contribution is -2.12. The number of aromatic amines is 1. The molecule has 0 atom stereocenters. The molecule has 0 aliphatic heterocycles. The van der Waals surface area contributed by atoms with Gasteiger partial charge in [-0.2, -0.15) is 0 Å². The van der Waals surface area contributed by atoms with Crippen LogP contribution < -0.4 is 10.6 Å². The molecule has 0 aliphatic carbocycles. The zero-order valence-electron chi connectivity index (χ0n) is 14.5. The SMILES string of the molecule is COC(=O)Nc1ccc(NC(=O)CCCc2c[nH]c3ccccc23)cc1. The number of para-hydroxylation sites is 1. The fraction of sp³-hybridized carbons (Fsp3) is 0.200. The lowest BCUT2D eigenvalue weighted by atomic mass is 10.1. The van der Waals surface area contributed by atoms with Crippen molar-refractivity contribution in [2.24, 2.45) is 0 Å². The van der Waals surface area contributed by atoms with Crippen LogP contribution in [0.5, 0.6) is 0 Å². The van der Waals surface area contributed by atoms with Crippen molar-refractivity contribution in [2.75, 3.05) is 17.7 Å². The molecule has 0 spiro atoms. The van der Waals surface area contributed by atoms with Crippen molar-refractivity contribution < 1.29 is 14.3 Å². The summed E-state index contributed by atoms with van der Waals surface area (Å²) in [7, 11) is 1.31. The third-order valence-corrected chi connectivity index (χ3v) is 4.13. The molecule has 0 fully saturated rings. The van der Waals surface area contributed by atoms with E-state index in [-0.39, 0.29) is 5.91 Å². The van der Waals surface area contributed by atoms with E-state index in [1.807, 2.05) is 24.4 Å². The summed E-state index contributed by atoms with van der Waals surface area (Å²) in [5, 5.41) is 6.63. The molecule has 3 N–H and O–H groups in total. The normalized spacial score (nSPS) is 10.5. The number of rotatable bonds is 6. The van der Waals surface area contributed by atoms with Crippen LogP contribution in [0.2, 0.25) is 0 Å². The number of H-pyrrole nitrogens is 1. The Balaban J connectivity index is 1.47. The number of fused-ring (bicyclic) bond motifs is 1. The van der Waals surface area contributed by atoms with Gasteiger partial charge in [0.1, 0.15) is 0 Å². The molecule has 6 heteroatoms. The first-order chi connectivity index (χ1) is 12.7. The molecule has 0 saturated heterocycles. The van der Waals surface area contributed by atoms with Crippen LogP contribution in [-0.2, 0) is 16.0 Å². The molecule has 0 aliphatic rings. The largest absolute Gasteiger partial charge is 0.453 e. The molecule has 0 saturated carbocycles. The molecule has 1 heterocycles. The Morgan fingerprint density at radius 1 is 1.00 bits per heavy atom. The number of methoxy groups -OCH3 is 1. The van der Waals surface area contributed by atoms with E-state index in [1.54, 1.807) is 24.3 Å². The second-order valence-electron chi connectivity index (χ2n) is 5.96. The Labute approximate surface area is 151 Å². The van der Waals surface area contributed by atoms with Crippen LogP contribution in [0.25, 0.3) is 10.9 Å². The summed E-state index contributed by atoms with van der Waals surface area (Å²) in [4.78, 5) is 26.5. The molecule has 2 aromatic carbocycles. The van der Waals surface area contributed by atoms with Crippen LogP contribution in [0.15, 0.2) is 54.7 Å². The minimum atomic E-state index is -0.529. The van der Waals surface area contributed by atoms with Gasteiger partial charge in [0.15, 0.2) is 0 Å². The highest BCUT2D eigenvalue weighted by Gasteiger charge is 2.06. The first-order valence-corrected chi connectivity index (χ1v) is 8.45. The van der Waals surface area contributed by atoms with Crippen LogP contribution >= 0.6 is 0 Å². The second-order valence-corrected chi connectivity index (χ2v) is 5.96. The average molecular weight is 351 g/mol. The summed E-state index contributed by atoms with van der Waals surface area (Å²) in [5.74, 6) is -0.0291. The first kappa shape index (κ1) is 17.5. The molecule has 0 unspecified atom stereocenters. The lowest BCUT2D eigenvalue weighted by molar-refractivity contribution is -0.116. The average Bonchev–Trinajstić information content (AvgIpc) is 3.06. The smallest absolute Gasteiger partial charge is 0.411 e. The van der Waals surface area contributed by atoms with Crippen LogP contribution in [0, 0.1) is 0 Å². The van der Waals surface area contributed by atoms with Gasteiger partial charge >= 0.3 is 6.09 Å². The number of anilines is 2. The van der Waals surface area contributed by atoms with E-state index in [0.717, 1.165) is 18.4 Å². The summed E-state index contributed by atoms with van der Waals surface area (Å²) in [5.41, 5.74) is 3.64. The van der Waals surface area contributed by atoms with E-state index in [2.05, 4.69) is 26.4 Å². The highest BCUT2D eigenvalue weighted by Crippen LogP contribution is 2.20. The van der Waals surface area contributed by atoms with E-state index in [1.165, 1.54) is 18.1 Å². The van der Waals surface area contributed by atoms with Crippen LogP contribution in [0.3, 0.4) is 0 Å². The summed E-state index contributed by atoms with van der Waals surface area (Å²) in [6.45, 7) is 0. The number of amides is 2. The topological polar surface area (TPSA) is 83.2 Å². The van der Waals surface area contributed by atoms with E-state index in [4.69, 9.17) is 0 Å². The minimum absolute atomic E-state index is 0.0291. The van der Waals surface area contributed by atoms with Gasteiger partial charge in [0.05, 0.1) is 7.11 Å². The molecular formula is C20H21N3O3. The molecule has 6 nitrogen and oxygen atoms in total. The lowest BCUT2D eigenvalue weighted by Gasteiger charge is -2.07. The quantitative estimate of drug-likeness (QED) is 0.619. The fourth-order valence-corrected chi connectivity index (χ4v) is 2.81. The third kappa shape index (κ3) is 4.42. The summed E-state index contributed by atoms with van der Waals surface area (Å²) < 4.78 is 4.53. The Hall–Kier alpha value is -3.28. The maximum atomic E-state index is 12.1. The second kappa shape index (κ2) is 8.20. The molecule has 134 valence electrons. The van der Waals surface area contributed by atoms with Crippen molar-refractivity contribution in [1.29, 1.82) is 0 Å². The number of carbonyl (C=O) groups excluding carboxylic acids is 2. The first-order valence-electron chi connectivity index (χ1n) is 8.45. The highest BCUT2D eigenvalue weighted by atomic mass is 16.5. The van der Waals surface area contributed by atoms with Gasteiger partial charge in [-0.15, -0.1) is 0 Å². The molecular weight excluding hydrogens is 330 g/mol. The number of hydrogen-bond donors (Lipinski definition) is 3. The van der Waals surface area contributed by atoms with Crippen LogP contribution in [0.1, 0.15) is 18.4 Å². The number of carbonyl (C=O) groups is 2. The molecule has 26 heavy (non-hydrogen) atoms. The number of aromatic nitrogens is 1. The predicted octanol–water partition coefficient (Wildman–Crippen LogP) is 4.31. The van der Waals surface area contributed by atoms with Gasteiger partial charge in [-0.25, -0.2) is 4.79 Å².